The predicted octanol–water partition coefficient (Wildman–Crippen LogP) is 20.0. The standard InChI is InChI=1S/C70H136O17P2/c1-7-9-11-13-15-17-28-34-40-46-52-67(72)80-58-65(86-69(74)54-48-42-36-29-18-16-14-12-10-8-2)60-84-88(76,77)82-56-64(71)57-83-89(78,79)85-61-66(59-81-68(73)53-47-41-35-30-25-21-23-27-33-39-45-51-63(5)6)87-70(75)55-49-43-37-31-24-20-19-22-26-32-38-44-50-62(3)4/h62-66,71H,7-61H2,1-6H3,(H,76,77)(H,78,79)/t64-,65+,66+/m0/s1. The van der Waals surface area contributed by atoms with Gasteiger partial charge >= 0.3 is 39.5 Å². The van der Waals surface area contributed by atoms with Crippen molar-refractivity contribution in [2.45, 2.75) is 374 Å². The van der Waals surface area contributed by atoms with E-state index in [0.717, 1.165) is 102 Å². The highest BCUT2D eigenvalue weighted by Crippen LogP contribution is 2.45. The Morgan fingerprint density at radius 3 is 0.764 bits per heavy atom. The number of carbonyl (C=O) groups is 4. The first-order valence-electron chi connectivity index (χ1n) is 36.5. The van der Waals surface area contributed by atoms with Crippen LogP contribution in [0.15, 0.2) is 0 Å². The number of ether oxygens (including phenoxy) is 4. The molecular formula is C70H136O17P2. The van der Waals surface area contributed by atoms with Crippen LogP contribution in [0.1, 0.15) is 356 Å². The van der Waals surface area contributed by atoms with Gasteiger partial charge in [0.1, 0.15) is 19.3 Å². The lowest BCUT2D eigenvalue weighted by molar-refractivity contribution is -0.161. The lowest BCUT2D eigenvalue weighted by atomic mass is 10.0. The van der Waals surface area contributed by atoms with Crippen molar-refractivity contribution in [3.05, 3.63) is 0 Å². The molecule has 17 nitrogen and oxygen atoms in total. The summed E-state index contributed by atoms with van der Waals surface area (Å²) in [6.07, 6.45) is 47.0. The van der Waals surface area contributed by atoms with Gasteiger partial charge in [-0.1, -0.05) is 305 Å². The third-order valence-corrected chi connectivity index (χ3v) is 18.1. The number of phosphoric acid groups is 2. The van der Waals surface area contributed by atoms with Crippen LogP contribution in [0.5, 0.6) is 0 Å². The number of hydrogen-bond acceptors (Lipinski definition) is 15. The van der Waals surface area contributed by atoms with E-state index in [4.69, 9.17) is 37.0 Å². The molecule has 5 atom stereocenters. The number of rotatable bonds is 69. The van der Waals surface area contributed by atoms with Crippen LogP contribution < -0.4 is 0 Å². The average Bonchev–Trinajstić information content (AvgIpc) is 3.68. The molecular weight excluding hydrogens is 1170 g/mol. The number of esters is 4. The van der Waals surface area contributed by atoms with E-state index in [2.05, 4.69) is 41.5 Å². The Labute approximate surface area is 543 Å². The second-order valence-corrected chi connectivity index (χ2v) is 29.1. The number of unbranched alkanes of at least 4 members (excludes halogenated alkanes) is 39. The summed E-state index contributed by atoms with van der Waals surface area (Å²) >= 11 is 0. The Morgan fingerprint density at radius 2 is 0.517 bits per heavy atom. The fourth-order valence-corrected chi connectivity index (χ4v) is 12.2. The number of aliphatic hydroxyl groups excluding tert-OH is 1. The van der Waals surface area contributed by atoms with Gasteiger partial charge in [-0.2, -0.15) is 0 Å². The van der Waals surface area contributed by atoms with Crippen molar-refractivity contribution in [2.75, 3.05) is 39.6 Å². The molecule has 2 unspecified atom stereocenters. The summed E-state index contributed by atoms with van der Waals surface area (Å²) < 4.78 is 68.3. The van der Waals surface area contributed by atoms with Crippen molar-refractivity contribution in [1.29, 1.82) is 0 Å². The molecule has 0 saturated heterocycles. The number of aliphatic hydroxyl groups is 1. The summed E-state index contributed by atoms with van der Waals surface area (Å²) in [5.41, 5.74) is 0. The van der Waals surface area contributed by atoms with E-state index in [-0.39, 0.29) is 25.7 Å². The minimum absolute atomic E-state index is 0.106. The number of carbonyl (C=O) groups excluding carboxylic acids is 4. The van der Waals surface area contributed by atoms with E-state index in [1.807, 2.05) is 0 Å². The molecule has 0 aliphatic heterocycles. The van der Waals surface area contributed by atoms with Crippen LogP contribution >= 0.6 is 15.6 Å². The summed E-state index contributed by atoms with van der Waals surface area (Å²) in [4.78, 5) is 72.5. The molecule has 0 fully saturated rings. The molecule has 0 aromatic carbocycles. The Balaban J connectivity index is 5.24. The molecule has 0 heterocycles. The molecule has 0 bridgehead atoms. The fourth-order valence-electron chi connectivity index (χ4n) is 10.6. The van der Waals surface area contributed by atoms with Gasteiger partial charge < -0.3 is 33.8 Å². The molecule has 0 aliphatic carbocycles. The molecule has 0 spiro atoms. The molecule has 0 rings (SSSR count). The summed E-state index contributed by atoms with van der Waals surface area (Å²) in [5.74, 6) is -0.576. The summed E-state index contributed by atoms with van der Waals surface area (Å²) in [6.45, 7) is 9.55. The first-order valence-corrected chi connectivity index (χ1v) is 39.5. The first-order chi connectivity index (χ1) is 42.9. The second kappa shape index (κ2) is 62.2. The summed E-state index contributed by atoms with van der Waals surface area (Å²) in [7, 11) is -9.90. The lowest BCUT2D eigenvalue weighted by Gasteiger charge is -2.21. The van der Waals surface area contributed by atoms with Crippen molar-refractivity contribution < 1.29 is 80.2 Å². The van der Waals surface area contributed by atoms with Crippen LogP contribution in [0.25, 0.3) is 0 Å². The van der Waals surface area contributed by atoms with Gasteiger partial charge in [-0.15, -0.1) is 0 Å². The van der Waals surface area contributed by atoms with E-state index in [1.54, 1.807) is 0 Å². The lowest BCUT2D eigenvalue weighted by Crippen LogP contribution is -2.30. The van der Waals surface area contributed by atoms with E-state index in [9.17, 15) is 43.2 Å². The molecule has 89 heavy (non-hydrogen) atoms. The maximum Gasteiger partial charge on any atom is 0.472 e. The fraction of sp³-hybridized carbons (Fsp3) is 0.943. The van der Waals surface area contributed by atoms with Gasteiger partial charge in [0, 0.05) is 25.7 Å². The van der Waals surface area contributed by atoms with Crippen LogP contribution in [0, 0.1) is 11.8 Å². The molecule has 0 amide bonds. The largest absolute Gasteiger partial charge is 0.472 e. The van der Waals surface area contributed by atoms with Crippen molar-refractivity contribution in [3.63, 3.8) is 0 Å². The normalized spacial score (nSPS) is 14.1. The molecule has 19 heteroatoms. The molecule has 0 aliphatic rings. The van der Waals surface area contributed by atoms with Crippen LogP contribution in [0.4, 0.5) is 0 Å². The van der Waals surface area contributed by atoms with E-state index < -0.39 is 97.5 Å². The van der Waals surface area contributed by atoms with Crippen LogP contribution in [-0.2, 0) is 65.4 Å². The van der Waals surface area contributed by atoms with E-state index >= 15 is 0 Å². The molecule has 0 radical (unpaired) electrons. The second-order valence-electron chi connectivity index (χ2n) is 26.2. The molecule has 0 aromatic rings. The van der Waals surface area contributed by atoms with E-state index in [0.29, 0.717) is 25.7 Å². The highest BCUT2D eigenvalue weighted by molar-refractivity contribution is 7.47. The topological polar surface area (TPSA) is 237 Å². The maximum atomic E-state index is 13.0. The van der Waals surface area contributed by atoms with Gasteiger partial charge in [-0.3, -0.25) is 37.3 Å². The summed E-state index contributed by atoms with van der Waals surface area (Å²) in [6, 6.07) is 0. The summed E-state index contributed by atoms with van der Waals surface area (Å²) in [5, 5.41) is 10.6. The monoisotopic (exact) mass is 1310 g/mol. The third-order valence-electron chi connectivity index (χ3n) is 16.2. The highest BCUT2D eigenvalue weighted by atomic mass is 31.2. The van der Waals surface area contributed by atoms with Crippen LogP contribution in [-0.4, -0.2) is 96.7 Å². The van der Waals surface area contributed by atoms with Crippen molar-refractivity contribution in [2.24, 2.45) is 11.8 Å². The van der Waals surface area contributed by atoms with Crippen LogP contribution in [0.3, 0.4) is 0 Å². The van der Waals surface area contributed by atoms with Gasteiger partial charge in [0.05, 0.1) is 26.4 Å². The first kappa shape index (κ1) is 87.1. The molecule has 0 saturated carbocycles. The minimum Gasteiger partial charge on any atom is -0.462 e. The zero-order valence-electron chi connectivity index (χ0n) is 57.7. The minimum atomic E-state index is -4.95. The maximum absolute atomic E-state index is 13.0. The quantitative estimate of drug-likeness (QED) is 0.0222. The number of hydrogen-bond donors (Lipinski definition) is 3. The molecule has 528 valence electrons. The zero-order chi connectivity index (χ0) is 65.7. The van der Waals surface area contributed by atoms with Gasteiger partial charge in [0.15, 0.2) is 12.2 Å². The Bertz CT molecular complexity index is 1730. The highest BCUT2D eigenvalue weighted by Gasteiger charge is 2.30. The molecule has 0 aromatic heterocycles. The smallest absolute Gasteiger partial charge is 0.462 e. The Morgan fingerprint density at radius 1 is 0.303 bits per heavy atom. The third kappa shape index (κ3) is 64.6. The van der Waals surface area contributed by atoms with Crippen molar-refractivity contribution in [3.8, 4) is 0 Å². The van der Waals surface area contributed by atoms with Crippen LogP contribution in [0.2, 0.25) is 0 Å². The Kier molecular flexibility index (Phi) is 60.8. The SMILES string of the molecule is CCCCCCCCCCCCC(=O)OC[C@H](COP(=O)(O)OC[C@H](O)COP(=O)(O)OC[C@@H](COC(=O)CCCCCCCCCCCCCC(C)C)OC(=O)CCCCCCCCCCCCCCC(C)C)OC(=O)CCCCCCCCCCCC. The van der Waals surface area contributed by atoms with Gasteiger partial charge in [-0.25, -0.2) is 9.13 Å². The van der Waals surface area contributed by atoms with E-state index in [1.165, 1.54) is 173 Å². The Hall–Kier alpha value is -1.94. The van der Waals surface area contributed by atoms with Gasteiger partial charge in [0.2, 0.25) is 0 Å². The zero-order valence-corrected chi connectivity index (χ0v) is 59.5. The van der Waals surface area contributed by atoms with Gasteiger partial charge in [-0.05, 0) is 37.5 Å². The van der Waals surface area contributed by atoms with Gasteiger partial charge in [0.25, 0.3) is 0 Å². The van der Waals surface area contributed by atoms with Crippen molar-refractivity contribution >= 4 is 39.5 Å². The average molecular weight is 1310 g/mol. The van der Waals surface area contributed by atoms with Crippen molar-refractivity contribution in [1.82, 2.24) is 0 Å². The molecule has 3 N–H and O–H groups in total. The predicted molar refractivity (Wildman–Crippen MR) is 358 cm³/mol. The number of phosphoric ester groups is 2.